The molecule has 0 aliphatic heterocycles. The molecule has 0 aliphatic rings. The molecule has 122 valence electrons. The third-order valence-electron chi connectivity index (χ3n) is 3.68. The molecule has 5 heteroatoms. The zero-order valence-electron chi connectivity index (χ0n) is 13.2. The van der Waals surface area contributed by atoms with Crippen molar-refractivity contribution in [2.45, 2.75) is 19.1 Å². The average Bonchev–Trinajstić information content (AvgIpc) is 3.16. The molecule has 0 bridgehead atoms. The first-order valence-electron chi connectivity index (χ1n) is 7.80. The van der Waals surface area contributed by atoms with Crippen molar-refractivity contribution in [2.75, 3.05) is 0 Å². The summed E-state index contributed by atoms with van der Waals surface area (Å²) in [6, 6.07) is 19.4. The van der Waals surface area contributed by atoms with Crippen molar-refractivity contribution in [1.29, 1.82) is 0 Å². The van der Waals surface area contributed by atoms with Crippen molar-refractivity contribution in [1.82, 2.24) is 15.3 Å². The van der Waals surface area contributed by atoms with Gasteiger partial charge in [-0.05, 0) is 17.5 Å². The summed E-state index contributed by atoms with van der Waals surface area (Å²) in [7, 11) is 0. The monoisotopic (exact) mass is 321 g/mol. The Labute approximate surface area is 140 Å². The summed E-state index contributed by atoms with van der Waals surface area (Å²) < 4.78 is 5.31. The number of hydrogen-bond donors (Lipinski definition) is 2. The minimum Gasteiger partial charge on any atom is -0.445 e. The number of nitrogens with one attached hydrogen (secondary N) is 2. The van der Waals surface area contributed by atoms with Gasteiger partial charge in [0.25, 0.3) is 0 Å². The fraction of sp³-hybridized carbons (Fsp3) is 0.158. The Kier molecular flexibility index (Phi) is 5.24. The van der Waals surface area contributed by atoms with Gasteiger partial charge >= 0.3 is 6.09 Å². The lowest BCUT2D eigenvalue weighted by Gasteiger charge is -2.17. The molecule has 0 fully saturated rings. The van der Waals surface area contributed by atoms with Gasteiger partial charge in [-0.3, -0.25) is 0 Å². The first-order valence-corrected chi connectivity index (χ1v) is 7.80. The lowest BCUT2D eigenvalue weighted by atomic mass is 10.0. The van der Waals surface area contributed by atoms with Crippen molar-refractivity contribution in [3.63, 3.8) is 0 Å². The topological polar surface area (TPSA) is 67.0 Å². The van der Waals surface area contributed by atoms with Crippen molar-refractivity contribution >= 4 is 6.09 Å². The van der Waals surface area contributed by atoms with Crippen LogP contribution in [0.25, 0.3) is 0 Å². The molecule has 3 aromatic rings. The van der Waals surface area contributed by atoms with E-state index in [4.69, 9.17) is 4.74 Å². The number of nitrogens with zero attached hydrogens (tertiary/aromatic N) is 1. The van der Waals surface area contributed by atoms with Gasteiger partial charge in [0.1, 0.15) is 6.61 Å². The van der Waals surface area contributed by atoms with E-state index in [2.05, 4.69) is 15.3 Å². The number of H-pyrrole nitrogens is 1. The second-order valence-corrected chi connectivity index (χ2v) is 5.46. The Morgan fingerprint density at radius 1 is 1.04 bits per heavy atom. The number of imidazole rings is 1. The van der Waals surface area contributed by atoms with E-state index in [-0.39, 0.29) is 12.6 Å². The van der Waals surface area contributed by atoms with E-state index in [0.29, 0.717) is 6.42 Å². The number of amides is 1. The smallest absolute Gasteiger partial charge is 0.408 e. The second kappa shape index (κ2) is 7.97. The first-order chi connectivity index (χ1) is 11.8. The highest BCUT2D eigenvalue weighted by molar-refractivity contribution is 5.67. The fourth-order valence-corrected chi connectivity index (χ4v) is 2.45. The molecule has 0 saturated carbocycles. The summed E-state index contributed by atoms with van der Waals surface area (Å²) in [5.74, 6) is 0. The van der Waals surface area contributed by atoms with Crippen LogP contribution < -0.4 is 5.32 Å². The highest BCUT2D eigenvalue weighted by Crippen LogP contribution is 2.16. The molecule has 2 aromatic carbocycles. The van der Waals surface area contributed by atoms with Crippen LogP contribution in [0.15, 0.2) is 73.2 Å². The zero-order valence-corrected chi connectivity index (χ0v) is 13.2. The molecule has 0 aliphatic carbocycles. The number of rotatable bonds is 6. The van der Waals surface area contributed by atoms with Crippen molar-refractivity contribution in [2.24, 2.45) is 0 Å². The van der Waals surface area contributed by atoms with Gasteiger partial charge in [-0.1, -0.05) is 60.7 Å². The van der Waals surface area contributed by atoms with Crippen LogP contribution in [0.2, 0.25) is 0 Å². The highest BCUT2D eigenvalue weighted by Gasteiger charge is 2.17. The number of alkyl carbamates (subject to hydrolysis) is 1. The summed E-state index contributed by atoms with van der Waals surface area (Å²) >= 11 is 0. The Hall–Kier alpha value is -3.08. The van der Waals surface area contributed by atoms with Crippen LogP contribution in [-0.2, 0) is 17.8 Å². The van der Waals surface area contributed by atoms with Crippen molar-refractivity contribution in [3.05, 3.63) is 90.0 Å². The SMILES string of the molecule is O=C(N[C@@H](Cc1ccccc1)c1cnc[nH]1)OCc1ccccc1. The van der Waals surface area contributed by atoms with Gasteiger partial charge in [-0.2, -0.15) is 0 Å². The predicted molar refractivity (Wildman–Crippen MR) is 91.2 cm³/mol. The molecule has 1 atom stereocenters. The maximum atomic E-state index is 12.1. The Balaban J connectivity index is 1.62. The number of benzene rings is 2. The Morgan fingerprint density at radius 3 is 2.33 bits per heavy atom. The summed E-state index contributed by atoms with van der Waals surface area (Å²) in [5, 5.41) is 2.91. The molecule has 3 rings (SSSR count). The lowest BCUT2D eigenvalue weighted by molar-refractivity contribution is 0.135. The Morgan fingerprint density at radius 2 is 1.71 bits per heavy atom. The van der Waals surface area contributed by atoms with Gasteiger partial charge in [0.15, 0.2) is 0 Å². The molecule has 1 aromatic heterocycles. The van der Waals surface area contributed by atoms with Gasteiger partial charge in [0.2, 0.25) is 0 Å². The predicted octanol–water partition coefficient (Wildman–Crippen LogP) is 3.62. The third kappa shape index (κ3) is 4.46. The summed E-state index contributed by atoms with van der Waals surface area (Å²) in [6.45, 7) is 0.244. The second-order valence-electron chi connectivity index (χ2n) is 5.46. The quantitative estimate of drug-likeness (QED) is 0.728. The molecule has 0 radical (unpaired) electrons. The summed E-state index contributed by atoms with van der Waals surface area (Å²) in [5.41, 5.74) is 2.92. The number of aromatic amines is 1. The van der Waals surface area contributed by atoms with Crippen LogP contribution in [0, 0.1) is 0 Å². The third-order valence-corrected chi connectivity index (χ3v) is 3.68. The molecule has 2 N–H and O–H groups in total. The molecular formula is C19H19N3O2. The van der Waals surface area contributed by atoms with Crippen LogP contribution in [0.5, 0.6) is 0 Å². The summed E-state index contributed by atoms with van der Waals surface area (Å²) in [6.07, 6.45) is 3.52. The van der Waals surface area contributed by atoms with E-state index >= 15 is 0 Å². The van der Waals surface area contributed by atoms with E-state index in [1.54, 1.807) is 12.5 Å². The standard InChI is InChI=1S/C19H19N3O2/c23-19(24-13-16-9-5-2-6-10-16)22-17(18-12-20-14-21-18)11-15-7-3-1-4-8-15/h1-10,12,14,17H,11,13H2,(H,20,21)(H,22,23)/t17-/m0/s1. The molecule has 5 nitrogen and oxygen atoms in total. The highest BCUT2D eigenvalue weighted by atomic mass is 16.5. The van der Waals surface area contributed by atoms with Crippen LogP contribution in [-0.4, -0.2) is 16.1 Å². The maximum absolute atomic E-state index is 12.1. The molecule has 1 amide bonds. The van der Waals surface area contributed by atoms with E-state index in [0.717, 1.165) is 16.8 Å². The average molecular weight is 321 g/mol. The Bertz CT molecular complexity index is 743. The van der Waals surface area contributed by atoms with Gasteiger partial charge in [-0.15, -0.1) is 0 Å². The van der Waals surface area contributed by atoms with Crippen LogP contribution in [0.4, 0.5) is 4.79 Å². The summed E-state index contributed by atoms with van der Waals surface area (Å²) in [4.78, 5) is 19.2. The van der Waals surface area contributed by atoms with Crippen molar-refractivity contribution in [3.8, 4) is 0 Å². The van der Waals surface area contributed by atoms with Crippen LogP contribution in [0.1, 0.15) is 22.9 Å². The number of hydrogen-bond acceptors (Lipinski definition) is 3. The number of aromatic nitrogens is 2. The van der Waals surface area contributed by atoms with E-state index in [9.17, 15) is 4.79 Å². The lowest BCUT2D eigenvalue weighted by Crippen LogP contribution is -2.30. The number of ether oxygens (including phenoxy) is 1. The number of carbonyl (C=O) groups excluding carboxylic acids is 1. The van der Waals surface area contributed by atoms with Gasteiger partial charge in [0, 0.05) is 0 Å². The molecule has 0 unspecified atom stereocenters. The number of carbonyl (C=O) groups is 1. The van der Waals surface area contributed by atoms with E-state index in [1.807, 2.05) is 60.7 Å². The molecule has 0 saturated heterocycles. The van der Waals surface area contributed by atoms with Crippen LogP contribution in [0.3, 0.4) is 0 Å². The van der Waals surface area contributed by atoms with Crippen LogP contribution >= 0.6 is 0 Å². The first kappa shape index (κ1) is 15.8. The molecule has 0 spiro atoms. The van der Waals surface area contributed by atoms with Gasteiger partial charge in [0.05, 0.1) is 24.3 Å². The largest absolute Gasteiger partial charge is 0.445 e. The fourth-order valence-electron chi connectivity index (χ4n) is 2.45. The minimum absolute atomic E-state index is 0.224. The molecule has 1 heterocycles. The minimum atomic E-state index is -0.450. The van der Waals surface area contributed by atoms with Crippen molar-refractivity contribution < 1.29 is 9.53 Å². The van der Waals surface area contributed by atoms with Gasteiger partial charge in [-0.25, -0.2) is 9.78 Å². The normalized spacial score (nSPS) is 11.7. The van der Waals surface area contributed by atoms with E-state index in [1.165, 1.54) is 0 Å². The zero-order chi connectivity index (χ0) is 16.6. The van der Waals surface area contributed by atoms with E-state index < -0.39 is 6.09 Å². The maximum Gasteiger partial charge on any atom is 0.408 e. The molecular weight excluding hydrogens is 302 g/mol. The van der Waals surface area contributed by atoms with Gasteiger partial charge < -0.3 is 15.0 Å². The molecule has 24 heavy (non-hydrogen) atoms.